The highest BCUT2D eigenvalue weighted by Gasteiger charge is 2.58. The van der Waals surface area contributed by atoms with Crippen LogP contribution in [0.2, 0.25) is 0 Å². The zero-order valence-corrected chi connectivity index (χ0v) is 21.8. The van der Waals surface area contributed by atoms with Crippen LogP contribution in [0.3, 0.4) is 0 Å². The van der Waals surface area contributed by atoms with E-state index in [1.54, 1.807) is 6.20 Å². The molecule has 3 nitrogen and oxygen atoms in total. The fraction of sp³-hybridized carbons (Fsp3) is 0.577. The molecule has 1 aliphatic carbocycles. The van der Waals surface area contributed by atoms with Gasteiger partial charge in [0.2, 0.25) is 0 Å². The third kappa shape index (κ3) is 3.11. The van der Waals surface area contributed by atoms with Crippen LogP contribution in [-0.2, 0) is 20.1 Å². The number of rotatable bonds is 2. The Labute approximate surface area is 204 Å². The van der Waals surface area contributed by atoms with E-state index in [9.17, 15) is 0 Å². The average molecular weight is 435 g/mol. The topological polar surface area (TPSA) is 31.4 Å². The lowest BCUT2D eigenvalue weighted by molar-refractivity contribution is 0.00578. The highest BCUT2D eigenvalue weighted by Crippen LogP contribution is 2.60. The second kappa shape index (κ2) is 7.04. The summed E-state index contributed by atoms with van der Waals surface area (Å²) in [6, 6.07) is 3.89. The van der Waals surface area contributed by atoms with E-state index in [2.05, 4.69) is 41.5 Å². The van der Waals surface area contributed by atoms with Crippen LogP contribution in [0.1, 0.15) is 80.4 Å². The van der Waals surface area contributed by atoms with Gasteiger partial charge < -0.3 is 9.31 Å². The van der Waals surface area contributed by atoms with Gasteiger partial charge in [-0.05, 0) is 66.7 Å². The predicted octanol–water partition coefficient (Wildman–Crippen LogP) is 2.02. The van der Waals surface area contributed by atoms with Crippen molar-refractivity contribution in [3.63, 3.8) is 0 Å². The summed E-state index contributed by atoms with van der Waals surface area (Å²) in [5.74, 6) is 0. The van der Waals surface area contributed by atoms with Crippen molar-refractivity contribution < 1.29 is 9.31 Å². The smallest absolute Gasteiger partial charge is 0.399 e. The summed E-state index contributed by atoms with van der Waals surface area (Å²) < 4.78 is 12.3. The lowest BCUT2D eigenvalue weighted by atomic mass is 9.58. The summed E-state index contributed by atoms with van der Waals surface area (Å²) in [7, 11) is 19.7. The van der Waals surface area contributed by atoms with Crippen molar-refractivity contribution in [2.45, 2.75) is 91.3 Å². The molecule has 0 bridgehead atoms. The van der Waals surface area contributed by atoms with Gasteiger partial charge >= 0.3 is 7.12 Å². The van der Waals surface area contributed by atoms with Gasteiger partial charge in [-0.1, -0.05) is 64.0 Å². The van der Waals surface area contributed by atoms with Crippen molar-refractivity contribution in [1.82, 2.24) is 4.98 Å². The summed E-state index contributed by atoms with van der Waals surface area (Å²) in [6.07, 6.45) is 1.78. The van der Waals surface area contributed by atoms with Gasteiger partial charge in [0.1, 0.15) is 23.5 Å². The number of pyridine rings is 1. The van der Waals surface area contributed by atoms with Crippen molar-refractivity contribution in [2.24, 2.45) is 5.41 Å². The van der Waals surface area contributed by atoms with Crippen molar-refractivity contribution in [3.8, 4) is 11.3 Å². The lowest BCUT2D eigenvalue weighted by Gasteiger charge is -2.45. The Morgan fingerprint density at radius 1 is 0.697 bits per heavy atom. The molecule has 0 amide bonds. The van der Waals surface area contributed by atoms with Crippen LogP contribution >= 0.6 is 0 Å². The van der Waals surface area contributed by atoms with Crippen LogP contribution in [0.5, 0.6) is 0 Å². The molecule has 1 aromatic carbocycles. The van der Waals surface area contributed by atoms with Crippen molar-refractivity contribution >= 4 is 52.5 Å². The largest absolute Gasteiger partial charge is 0.496 e. The number of hydrogen-bond acceptors (Lipinski definition) is 3. The Morgan fingerprint density at radius 2 is 1.18 bits per heavy atom. The molecule has 1 aromatic heterocycles. The van der Waals surface area contributed by atoms with Gasteiger partial charge in [-0.3, -0.25) is 4.98 Å². The molecule has 2 heterocycles. The third-order valence-corrected chi connectivity index (χ3v) is 9.56. The molecule has 1 aliphatic heterocycles. The SMILES string of the molecule is [B]c1c([B])c2c(c([B])c1-c1ccc(B3OC(C)(C)C(C)(C)O3)cn1)C(C)(C)C(C)(C)C2(C)C. The zero-order chi connectivity index (χ0) is 24.9. The van der Waals surface area contributed by atoms with E-state index >= 15 is 0 Å². The fourth-order valence-corrected chi connectivity index (χ4v) is 5.46. The van der Waals surface area contributed by atoms with Crippen molar-refractivity contribution in [2.75, 3.05) is 0 Å². The van der Waals surface area contributed by atoms with Crippen molar-refractivity contribution in [1.29, 1.82) is 0 Å². The van der Waals surface area contributed by atoms with Crippen LogP contribution in [0.15, 0.2) is 18.3 Å². The van der Waals surface area contributed by atoms with E-state index < -0.39 is 18.3 Å². The average Bonchev–Trinajstić information content (AvgIpc) is 2.97. The van der Waals surface area contributed by atoms with E-state index in [0.29, 0.717) is 27.6 Å². The quantitative estimate of drug-likeness (QED) is 0.678. The van der Waals surface area contributed by atoms with E-state index in [1.165, 1.54) is 0 Å². The molecular weight excluding hydrogens is 402 g/mol. The fourth-order valence-electron chi connectivity index (χ4n) is 5.46. The Morgan fingerprint density at radius 3 is 1.64 bits per heavy atom. The maximum absolute atomic E-state index is 6.86. The number of nitrogens with zero attached hydrogens (tertiary/aromatic N) is 1. The molecule has 2 aliphatic rings. The first-order chi connectivity index (χ1) is 14.9. The number of aromatic nitrogens is 1. The minimum atomic E-state index is -0.475. The number of benzene rings is 1. The maximum Gasteiger partial charge on any atom is 0.496 e. The highest BCUT2D eigenvalue weighted by atomic mass is 16.7. The highest BCUT2D eigenvalue weighted by molar-refractivity contribution is 6.62. The second-order valence-electron chi connectivity index (χ2n) is 12.3. The van der Waals surface area contributed by atoms with Crippen LogP contribution in [0.4, 0.5) is 0 Å². The monoisotopic (exact) mass is 435 g/mol. The van der Waals surface area contributed by atoms with Gasteiger partial charge in [-0.15, -0.1) is 0 Å². The molecule has 0 N–H and O–H groups in total. The molecule has 0 spiro atoms. The van der Waals surface area contributed by atoms with Gasteiger partial charge in [0.05, 0.1) is 16.9 Å². The summed E-state index contributed by atoms with van der Waals surface area (Å²) in [5, 5.41) is 0. The molecule has 33 heavy (non-hydrogen) atoms. The van der Waals surface area contributed by atoms with Gasteiger partial charge in [0.25, 0.3) is 0 Å². The molecule has 4 rings (SSSR count). The lowest BCUT2D eigenvalue weighted by Crippen LogP contribution is -2.44. The Bertz CT molecular complexity index is 1120. The predicted molar refractivity (Wildman–Crippen MR) is 141 cm³/mol. The van der Waals surface area contributed by atoms with E-state index in [0.717, 1.165) is 16.6 Å². The van der Waals surface area contributed by atoms with Crippen LogP contribution in [-0.4, -0.2) is 46.8 Å². The zero-order valence-electron chi connectivity index (χ0n) is 21.8. The summed E-state index contributed by atoms with van der Waals surface area (Å²) in [5.41, 5.74) is 4.85. The van der Waals surface area contributed by atoms with Crippen molar-refractivity contribution in [3.05, 3.63) is 29.5 Å². The molecule has 2 aromatic rings. The molecule has 6 radical (unpaired) electrons. The molecule has 166 valence electrons. The van der Waals surface area contributed by atoms with Crippen LogP contribution < -0.4 is 21.9 Å². The summed E-state index contributed by atoms with van der Waals surface area (Å²) in [4.78, 5) is 4.72. The molecule has 0 atom stereocenters. The Hall–Kier alpha value is -1.45. The summed E-state index contributed by atoms with van der Waals surface area (Å²) in [6.45, 7) is 21.6. The van der Waals surface area contributed by atoms with E-state index in [4.69, 9.17) is 37.8 Å². The first kappa shape index (κ1) is 24.7. The molecule has 0 saturated carbocycles. The Balaban J connectivity index is 1.83. The van der Waals surface area contributed by atoms with E-state index in [1.807, 2.05) is 39.8 Å². The van der Waals surface area contributed by atoms with E-state index in [-0.39, 0.29) is 16.2 Å². The molecule has 1 fully saturated rings. The molecule has 7 heteroatoms. The second-order valence-corrected chi connectivity index (χ2v) is 12.3. The number of fused-ring (bicyclic) bond motifs is 1. The Kier molecular flexibility index (Phi) is 5.26. The molecule has 1 saturated heterocycles. The third-order valence-electron chi connectivity index (χ3n) is 9.56. The van der Waals surface area contributed by atoms with Gasteiger partial charge in [0.15, 0.2) is 0 Å². The molecule has 0 unspecified atom stereocenters. The first-order valence-electron chi connectivity index (χ1n) is 11.7. The normalized spacial score (nSPS) is 23.5. The van der Waals surface area contributed by atoms with Gasteiger partial charge in [-0.2, -0.15) is 0 Å². The van der Waals surface area contributed by atoms with Crippen LogP contribution in [0.25, 0.3) is 11.3 Å². The minimum absolute atomic E-state index is 0.0797. The maximum atomic E-state index is 6.86. The molecular formula is C26H33B4NO2. The van der Waals surface area contributed by atoms with Crippen LogP contribution in [0, 0.1) is 5.41 Å². The van der Waals surface area contributed by atoms with Gasteiger partial charge in [0, 0.05) is 11.7 Å². The van der Waals surface area contributed by atoms with Gasteiger partial charge in [-0.25, -0.2) is 0 Å². The number of hydrogen-bond donors (Lipinski definition) is 0. The first-order valence-corrected chi connectivity index (χ1v) is 11.7. The standard InChI is InChI=1S/C26H33B4NO2/c1-22(2)17-18(23(3,4)24(22,5)6)21(29)20(28)16(19(17)27)15-12-11-14(13-31-15)30-32-25(7,8)26(9,10)33-30/h11-13H,1-10H3. The minimum Gasteiger partial charge on any atom is -0.399 e. The summed E-state index contributed by atoms with van der Waals surface area (Å²) >= 11 is 0.